The average Bonchev–Trinajstić information content (AvgIpc) is 2.05. The molecule has 1 unspecified atom stereocenters. The lowest BCUT2D eigenvalue weighted by Crippen LogP contribution is -2.46. The Labute approximate surface area is 59.4 Å². The first-order valence-corrected chi connectivity index (χ1v) is 3.39. The van der Waals surface area contributed by atoms with Gasteiger partial charge in [0.1, 0.15) is 6.04 Å². The normalized spacial score (nSPS) is 29.6. The Morgan fingerprint density at radius 1 is 1.60 bits per heavy atom. The second-order valence-corrected chi connectivity index (χ2v) is 2.37. The highest BCUT2D eigenvalue weighted by molar-refractivity contribution is 5.58. The van der Waals surface area contributed by atoms with Crippen LogP contribution in [0.4, 0.5) is 0 Å². The second-order valence-electron chi connectivity index (χ2n) is 2.37. The molecular weight excluding hydrogens is 128 g/mol. The number of hydrogen-bond acceptors (Lipinski definition) is 4. The van der Waals surface area contributed by atoms with Crippen LogP contribution >= 0.6 is 0 Å². The first kappa shape index (κ1) is 5.73. The zero-order valence-corrected chi connectivity index (χ0v) is 5.59. The third kappa shape index (κ3) is 0.863. The summed E-state index contributed by atoms with van der Waals surface area (Å²) in [5.74, 6) is 0. The zero-order chi connectivity index (χ0) is 6.81. The van der Waals surface area contributed by atoms with E-state index in [0.29, 0.717) is 6.04 Å². The Bertz CT molecular complexity index is 184. The van der Waals surface area contributed by atoms with Gasteiger partial charge in [0, 0.05) is 12.7 Å². The smallest absolute Gasteiger partial charge is 0.105 e. The molecule has 0 aromatic rings. The number of aliphatic imine (C=N–C) groups is 1. The molecule has 0 spiro atoms. The van der Waals surface area contributed by atoms with Crippen LogP contribution in [0.1, 0.15) is 0 Å². The monoisotopic (exact) mass is 138 g/mol. The molecule has 2 rings (SSSR count). The molecule has 2 heterocycles. The largest absolute Gasteiger partial charge is 0.373 e. The van der Waals surface area contributed by atoms with E-state index in [-0.39, 0.29) is 0 Å². The Balaban J connectivity index is 2.13. The van der Waals surface area contributed by atoms with Crippen LogP contribution in [-0.4, -0.2) is 25.6 Å². The first-order valence-electron chi connectivity index (χ1n) is 3.39. The van der Waals surface area contributed by atoms with Crippen LogP contribution in [0, 0.1) is 0 Å². The van der Waals surface area contributed by atoms with Crippen LogP contribution in [0.2, 0.25) is 0 Å². The summed E-state index contributed by atoms with van der Waals surface area (Å²) < 4.78 is 0. The molecular formula is C6H10N4. The standard InChI is InChI=1S/C6H10N4/c1-5-6(10-3-7-1)2-8-4-9-5/h1,3,6,8-9H,2,4H2,(H,7,10). The van der Waals surface area contributed by atoms with Gasteiger partial charge in [0.15, 0.2) is 0 Å². The Morgan fingerprint density at radius 2 is 2.60 bits per heavy atom. The van der Waals surface area contributed by atoms with Crippen molar-refractivity contribution in [2.24, 2.45) is 4.99 Å². The summed E-state index contributed by atoms with van der Waals surface area (Å²) in [4.78, 5) is 4.22. The summed E-state index contributed by atoms with van der Waals surface area (Å²) in [5.41, 5.74) is 1.18. The highest BCUT2D eigenvalue weighted by atomic mass is 15.2. The molecule has 4 heteroatoms. The second kappa shape index (κ2) is 2.30. The van der Waals surface area contributed by atoms with Crippen molar-refractivity contribution in [3.63, 3.8) is 0 Å². The van der Waals surface area contributed by atoms with Crippen molar-refractivity contribution < 1.29 is 0 Å². The molecule has 54 valence electrons. The molecule has 0 aliphatic carbocycles. The predicted molar refractivity (Wildman–Crippen MR) is 39.5 cm³/mol. The molecule has 4 nitrogen and oxygen atoms in total. The fourth-order valence-corrected chi connectivity index (χ4v) is 1.14. The molecule has 0 aromatic heterocycles. The maximum atomic E-state index is 4.22. The van der Waals surface area contributed by atoms with Gasteiger partial charge in [0.2, 0.25) is 0 Å². The Morgan fingerprint density at radius 3 is 3.50 bits per heavy atom. The maximum Gasteiger partial charge on any atom is 0.105 e. The lowest BCUT2D eigenvalue weighted by molar-refractivity contribution is 0.501. The molecule has 3 N–H and O–H groups in total. The SMILES string of the molecule is C1=NC2CNCNC2=CN1. The Hall–Kier alpha value is -1.03. The Kier molecular flexibility index (Phi) is 1.32. The molecule has 0 aromatic carbocycles. The van der Waals surface area contributed by atoms with E-state index in [1.807, 2.05) is 6.20 Å². The summed E-state index contributed by atoms with van der Waals surface area (Å²) in [6.07, 6.45) is 3.68. The van der Waals surface area contributed by atoms with E-state index in [0.717, 1.165) is 13.2 Å². The maximum absolute atomic E-state index is 4.22. The van der Waals surface area contributed by atoms with Gasteiger partial charge in [-0.25, -0.2) is 0 Å². The molecule has 0 saturated carbocycles. The van der Waals surface area contributed by atoms with Gasteiger partial charge < -0.3 is 10.6 Å². The van der Waals surface area contributed by atoms with Crippen molar-refractivity contribution in [2.75, 3.05) is 13.2 Å². The third-order valence-electron chi connectivity index (χ3n) is 1.68. The van der Waals surface area contributed by atoms with E-state index in [9.17, 15) is 0 Å². The van der Waals surface area contributed by atoms with Gasteiger partial charge in [0.25, 0.3) is 0 Å². The van der Waals surface area contributed by atoms with Gasteiger partial charge in [-0.3, -0.25) is 10.3 Å². The summed E-state index contributed by atoms with van der Waals surface area (Å²) in [6, 6.07) is 0.301. The van der Waals surface area contributed by atoms with Gasteiger partial charge in [-0.15, -0.1) is 0 Å². The van der Waals surface area contributed by atoms with Crippen molar-refractivity contribution in [3.8, 4) is 0 Å². The summed E-state index contributed by atoms with van der Waals surface area (Å²) in [6.45, 7) is 1.79. The molecule has 0 amide bonds. The summed E-state index contributed by atoms with van der Waals surface area (Å²) in [7, 11) is 0. The lowest BCUT2D eigenvalue weighted by Gasteiger charge is -2.26. The molecule has 2 aliphatic rings. The fraction of sp³-hybridized carbons (Fsp3) is 0.500. The topological polar surface area (TPSA) is 48.5 Å². The van der Waals surface area contributed by atoms with Gasteiger partial charge >= 0.3 is 0 Å². The minimum Gasteiger partial charge on any atom is -0.373 e. The van der Waals surface area contributed by atoms with E-state index in [1.54, 1.807) is 6.34 Å². The van der Waals surface area contributed by atoms with Gasteiger partial charge in [-0.05, 0) is 0 Å². The number of fused-ring (bicyclic) bond motifs is 1. The average molecular weight is 138 g/mol. The third-order valence-corrected chi connectivity index (χ3v) is 1.68. The van der Waals surface area contributed by atoms with E-state index < -0.39 is 0 Å². The number of nitrogens with one attached hydrogen (secondary N) is 3. The fourth-order valence-electron chi connectivity index (χ4n) is 1.14. The van der Waals surface area contributed by atoms with Crippen molar-refractivity contribution in [1.29, 1.82) is 0 Å². The van der Waals surface area contributed by atoms with Crippen molar-refractivity contribution in [1.82, 2.24) is 16.0 Å². The molecule has 2 aliphatic heterocycles. The van der Waals surface area contributed by atoms with Crippen molar-refractivity contribution >= 4 is 6.34 Å². The molecule has 0 bridgehead atoms. The van der Waals surface area contributed by atoms with Crippen LogP contribution in [0.5, 0.6) is 0 Å². The molecule has 1 saturated heterocycles. The van der Waals surface area contributed by atoms with E-state index in [4.69, 9.17) is 0 Å². The minimum atomic E-state index is 0.301. The van der Waals surface area contributed by atoms with Crippen molar-refractivity contribution in [3.05, 3.63) is 11.9 Å². The molecule has 0 radical (unpaired) electrons. The number of rotatable bonds is 0. The van der Waals surface area contributed by atoms with Crippen LogP contribution < -0.4 is 16.0 Å². The molecule has 1 fully saturated rings. The van der Waals surface area contributed by atoms with E-state index >= 15 is 0 Å². The summed E-state index contributed by atoms with van der Waals surface area (Å²) in [5, 5.41) is 9.33. The highest BCUT2D eigenvalue weighted by Gasteiger charge is 2.17. The lowest BCUT2D eigenvalue weighted by atomic mass is 10.2. The summed E-state index contributed by atoms with van der Waals surface area (Å²) >= 11 is 0. The van der Waals surface area contributed by atoms with Gasteiger partial charge in [-0.2, -0.15) is 0 Å². The van der Waals surface area contributed by atoms with E-state index in [2.05, 4.69) is 20.9 Å². The van der Waals surface area contributed by atoms with Crippen molar-refractivity contribution in [2.45, 2.75) is 6.04 Å². The van der Waals surface area contributed by atoms with E-state index in [1.165, 1.54) is 5.70 Å². The van der Waals surface area contributed by atoms with Gasteiger partial charge in [0.05, 0.1) is 18.7 Å². The predicted octanol–water partition coefficient (Wildman–Crippen LogP) is -1.02. The minimum absolute atomic E-state index is 0.301. The van der Waals surface area contributed by atoms with Gasteiger partial charge in [-0.1, -0.05) is 0 Å². The quantitative estimate of drug-likeness (QED) is 0.401. The highest BCUT2D eigenvalue weighted by Crippen LogP contribution is 2.05. The number of nitrogens with zero attached hydrogens (tertiary/aromatic N) is 1. The van der Waals surface area contributed by atoms with Crippen LogP contribution in [-0.2, 0) is 0 Å². The first-order chi connectivity index (χ1) is 4.97. The van der Waals surface area contributed by atoms with Crippen LogP contribution in [0.15, 0.2) is 16.9 Å². The van der Waals surface area contributed by atoms with Crippen LogP contribution in [0.25, 0.3) is 0 Å². The molecule has 10 heavy (non-hydrogen) atoms. The van der Waals surface area contributed by atoms with Crippen LogP contribution in [0.3, 0.4) is 0 Å². The zero-order valence-electron chi connectivity index (χ0n) is 5.59. The molecule has 1 atom stereocenters. The number of hydrogen-bond donors (Lipinski definition) is 3.